The van der Waals surface area contributed by atoms with Crippen molar-refractivity contribution < 1.29 is 9.18 Å². The summed E-state index contributed by atoms with van der Waals surface area (Å²) < 4.78 is 13.6. The first-order valence-corrected chi connectivity index (χ1v) is 6.25. The molecule has 2 aromatic rings. The summed E-state index contributed by atoms with van der Waals surface area (Å²) >= 11 is 7.19. The Kier molecular flexibility index (Phi) is 3.31. The molecule has 4 heteroatoms. The van der Waals surface area contributed by atoms with Gasteiger partial charge in [-0.2, -0.15) is 0 Å². The fraction of sp³-hybridized carbons (Fsp3) is 0.154. The normalized spacial score (nSPS) is 10.6. The van der Waals surface area contributed by atoms with Gasteiger partial charge >= 0.3 is 0 Å². The highest BCUT2D eigenvalue weighted by molar-refractivity contribution is 7.12. The Morgan fingerprint density at radius 1 is 1.24 bits per heavy atom. The lowest BCUT2D eigenvalue weighted by Gasteiger charge is -2.02. The number of ketones is 1. The van der Waals surface area contributed by atoms with Crippen molar-refractivity contribution in [3.05, 3.63) is 56.0 Å². The van der Waals surface area contributed by atoms with Gasteiger partial charge in [-0.3, -0.25) is 4.79 Å². The van der Waals surface area contributed by atoms with Crippen molar-refractivity contribution in [2.45, 2.75) is 13.8 Å². The van der Waals surface area contributed by atoms with Crippen LogP contribution in [-0.2, 0) is 0 Å². The molecule has 0 N–H and O–H groups in total. The van der Waals surface area contributed by atoms with E-state index in [1.165, 1.54) is 23.5 Å². The van der Waals surface area contributed by atoms with Gasteiger partial charge in [0.25, 0.3) is 0 Å². The van der Waals surface area contributed by atoms with Crippen LogP contribution in [-0.4, -0.2) is 5.78 Å². The summed E-state index contributed by atoms with van der Waals surface area (Å²) in [6.07, 6.45) is 0. The van der Waals surface area contributed by atoms with Gasteiger partial charge in [0.15, 0.2) is 5.78 Å². The molecule has 0 amide bonds. The number of carbonyl (C=O) groups is 1. The molecule has 0 spiro atoms. The van der Waals surface area contributed by atoms with Crippen molar-refractivity contribution in [2.75, 3.05) is 0 Å². The summed E-state index contributed by atoms with van der Waals surface area (Å²) in [4.78, 5) is 14.1. The standard InChI is InChI=1S/C13H10ClFOS/c1-7-5-11(8(2)17-7)13(16)10-4-3-9(14)6-12(10)15/h3-6H,1-2H3. The molecule has 0 aliphatic carbocycles. The highest BCUT2D eigenvalue weighted by atomic mass is 35.5. The Labute approximate surface area is 108 Å². The van der Waals surface area contributed by atoms with Crippen LogP contribution in [0.4, 0.5) is 4.39 Å². The predicted octanol–water partition coefficient (Wildman–Crippen LogP) is 4.39. The molecule has 1 aromatic heterocycles. The van der Waals surface area contributed by atoms with Crippen molar-refractivity contribution in [1.82, 2.24) is 0 Å². The van der Waals surface area contributed by atoms with Gasteiger partial charge in [0.05, 0.1) is 5.56 Å². The average molecular weight is 269 g/mol. The summed E-state index contributed by atoms with van der Waals surface area (Å²) in [5.74, 6) is -0.869. The van der Waals surface area contributed by atoms with Crippen LogP contribution in [0.1, 0.15) is 25.7 Å². The van der Waals surface area contributed by atoms with Gasteiger partial charge in [-0.15, -0.1) is 11.3 Å². The minimum absolute atomic E-state index is 0.0651. The Bertz CT molecular complexity index is 589. The predicted molar refractivity (Wildman–Crippen MR) is 68.6 cm³/mol. The summed E-state index contributed by atoms with van der Waals surface area (Å²) in [6, 6.07) is 5.89. The van der Waals surface area contributed by atoms with E-state index in [0.717, 1.165) is 15.8 Å². The van der Waals surface area contributed by atoms with Gasteiger partial charge in [0.2, 0.25) is 0 Å². The molecular weight excluding hydrogens is 259 g/mol. The number of halogens is 2. The van der Waals surface area contributed by atoms with Crippen LogP contribution in [0, 0.1) is 19.7 Å². The summed E-state index contributed by atoms with van der Waals surface area (Å²) in [7, 11) is 0. The van der Waals surface area contributed by atoms with Crippen LogP contribution in [0.5, 0.6) is 0 Å². The Hall–Kier alpha value is -1.19. The van der Waals surface area contributed by atoms with E-state index in [0.29, 0.717) is 5.56 Å². The molecule has 1 nitrogen and oxygen atoms in total. The Morgan fingerprint density at radius 3 is 2.47 bits per heavy atom. The molecule has 0 saturated carbocycles. The van der Waals surface area contributed by atoms with E-state index in [-0.39, 0.29) is 16.4 Å². The molecule has 0 aliphatic heterocycles. The van der Waals surface area contributed by atoms with E-state index < -0.39 is 5.82 Å². The summed E-state index contributed by atoms with van der Waals surface area (Å²) in [5.41, 5.74) is 0.629. The number of carbonyl (C=O) groups excluding carboxylic acids is 1. The minimum Gasteiger partial charge on any atom is -0.288 e. The third-order valence-corrected chi connectivity index (χ3v) is 3.66. The maximum atomic E-state index is 13.6. The fourth-order valence-corrected chi connectivity index (χ4v) is 2.76. The molecule has 0 fully saturated rings. The average Bonchev–Trinajstić information content (AvgIpc) is 2.57. The van der Waals surface area contributed by atoms with Crippen molar-refractivity contribution in [2.24, 2.45) is 0 Å². The first-order valence-electron chi connectivity index (χ1n) is 5.06. The summed E-state index contributed by atoms with van der Waals surface area (Å²) in [6.45, 7) is 3.78. The van der Waals surface area contributed by atoms with Crippen LogP contribution < -0.4 is 0 Å². The second-order valence-corrected chi connectivity index (χ2v) is 5.68. The molecule has 0 unspecified atom stereocenters. The Morgan fingerprint density at radius 2 is 1.94 bits per heavy atom. The van der Waals surface area contributed by atoms with Gasteiger partial charge in [-0.25, -0.2) is 4.39 Å². The zero-order chi connectivity index (χ0) is 12.6. The SMILES string of the molecule is Cc1cc(C(=O)c2ccc(Cl)cc2F)c(C)s1. The van der Waals surface area contributed by atoms with E-state index >= 15 is 0 Å². The first kappa shape index (κ1) is 12.3. The summed E-state index contributed by atoms with van der Waals surface area (Å²) in [5, 5.41) is 0.289. The lowest BCUT2D eigenvalue weighted by atomic mass is 10.0. The van der Waals surface area contributed by atoms with Gasteiger partial charge < -0.3 is 0 Å². The van der Waals surface area contributed by atoms with Crippen LogP contribution in [0.15, 0.2) is 24.3 Å². The van der Waals surface area contributed by atoms with Crippen LogP contribution in [0.2, 0.25) is 5.02 Å². The van der Waals surface area contributed by atoms with E-state index in [1.54, 1.807) is 6.07 Å². The molecule has 0 atom stereocenters. The topological polar surface area (TPSA) is 17.1 Å². The van der Waals surface area contributed by atoms with Gasteiger partial charge in [-0.05, 0) is 38.1 Å². The molecule has 1 aromatic carbocycles. The zero-order valence-electron chi connectivity index (χ0n) is 9.38. The molecule has 0 aliphatic rings. The lowest BCUT2D eigenvalue weighted by molar-refractivity contribution is 0.103. The van der Waals surface area contributed by atoms with Crippen molar-refractivity contribution in [3.63, 3.8) is 0 Å². The first-order chi connectivity index (χ1) is 7.99. The number of hydrogen-bond donors (Lipinski definition) is 0. The maximum absolute atomic E-state index is 13.6. The monoisotopic (exact) mass is 268 g/mol. The van der Waals surface area contributed by atoms with E-state index in [1.807, 2.05) is 13.8 Å². The van der Waals surface area contributed by atoms with E-state index in [9.17, 15) is 9.18 Å². The molecule has 0 bridgehead atoms. The van der Waals surface area contributed by atoms with E-state index in [2.05, 4.69) is 0 Å². The molecule has 17 heavy (non-hydrogen) atoms. The molecule has 0 radical (unpaired) electrons. The second kappa shape index (κ2) is 4.59. The molecule has 1 heterocycles. The van der Waals surface area contributed by atoms with Gasteiger partial charge in [-0.1, -0.05) is 11.6 Å². The molecular formula is C13H10ClFOS. The van der Waals surface area contributed by atoms with Crippen LogP contribution >= 0.6 is 22.9 Å². The van der Waals surface area contributed by atoms with Crippen LogP contribution in [0.25, 0.3) is 0 Å². The number of hydrogen-bond acceptors (Lipinski definition) is 2. The van der Waals surface area contributed by atoms with Crippen LogP contribution in [0.3, 0.4) is 0 Å². The molecule has 2 rings (SSSR count). The molecule has 88 valence electrons. The smallest absolute Gasteiger partial charge is 0.197 e. The minimum atomic E-state index is -0.578. The third-order valence-electron chi connectivity index (χ3n) is 2.46. The lowest BCUT2D eigenvalue weighted by Crippen LogP contribution is -2.04. The molecule has 0 saturated heterocycles. The van der Waals surface area contributed by atoms with Crippen molar-refractivity contribution in [1.29, 1.82) is 0 Å². The largest absolute Gasteiger partial charge is 0.288 e. The van der Waals surface area contributed by atoms with E-state index in [4.69, 9.17) is 11.6 Å². The van der Waals surface area contributed by atoms with Gasteiger partial charge in [0, 0.05) is 20.3 Å². The number of aryl methyl sites for hydroxylation is 2. The second-order valence-electron chi connectivity index (χ2n) is 3.78. The van der Waals surface area contributed by atoms with Crippen molar-refractivity contribution in [3.8, 4) is 0 Å². The quantitative estimate of drug-likeness (QED) is 0.739. The number of rotatable bonds is 2. The maximum Gasteiger partial charge on any atom is 0.197 e. The highest BCUT2D eigenvalue weighted by Gasteiger charge is 2.17. The number of thiophene rings is 1. The third kappa shape index (κ3) is 2.40. The number of benzene rings is 1. The van der Waals surface area contributed by atoms with Gasteiger partial charge in [0.1, 0.15) is 5.82 Å². The highest BCUT2D eigenvalue weighted by Crippen LogP contribution is 2.25. The zero-order valence-corrected chi connectivity index (χ0v) is 11.0. The van der Waals surface area contributed by atoms with Crippen molar-refractivity contribution >= 4 is 28.7 Å². The fourth-order valence-electron chi connectivity index (χ4n) is 1.67. The Balaban J connectivity index is 2.47.